The van der Waals surface area contributed by atoms with Crippen LogP contribution >= 0.6 is 0 Å². The zero-order valence-electron chi connectivity index (χ0n) is 15.0. The Labute approximate surface area is 160 Å². The van der Waals surface area contributed by atoms with Gasteiger partial charge in [-0.2, -0.15) is 5.10 Å². The molecule has 2 aromatic carbocycles. The van der Waals surface area contributed by atoms with Crippen molar-refractivity contribution >= 4 is 23.8 Å². The van der Waals surface area contributed by atoms with E-state index in [4.69, 9.17) is 9.47 Å². The molecule has 0 bridgehead atoms. The highest BCUT2D eigenvalue weighted by Crippen LogP contribution is 2.34. The van der Waals surface area contributed by atoms with Crippen molar-refractivity contribution in [3.63, 3.8) is 0 Å². The topological polar surface area (TPSA) is 120 Å². The van der Waals surface area contributed by atoms with E-state index in [0.29, 0.717) is 17.1 Å². The summed E-state index contributed by atoms with van der Waals surface area (Å²) in [4.78, 5) is 33.9. The van der Waals surface area contributed by atoms with Crippen molar-refractivity contribution in [3.05, 3.63) is 63.7 Å². The monoisotopic (exact) mass is 383 g/mol. The van der Waals surface area contributed by atoms with E-state index in [1.807, 2.05) is 0 Å². The molecule has 1 amide bonds. The van der Waals surface area contributed by atoms with Gasteiger partial charge in [-0.3, -0.25) is 19.7 Å². The zero-order valence-corrected chi connectivity index (χ0v) is 15.0. The SMILES string of the molecule is COc1cc(/C=N\NC(=O)c2ccc([N+](=O)[O-])cc2)ccc1OC(=O)C1CC1. The van der Waals surface area contributed by atoms with Crippen molar-refractivity contribution in [1.29, 1.82) is 0 Å². The molecule has 0 saturated heterocycles. The van der Waals surface area contributed by atoms with Gasteiger partial charge in [0.05, 0.1) is 24.2 Å². The molecule has 1 fully saturated rings. The number of benzene rings is 2. The zero-order chi connectivity index (χ0) is 20.1. The summed E-state index contributed by atoms with van der Waals surface area (Å²) in [6, 6.07) is 10.1. The maximum absolute atomic E-state index is 12.0. The number of hydrazone groups is 1. The van der Waals surface area contributed by atoms with Gasteiger partial charge in [-0.05, 0) is 48.7 Å². The van der Waals surface area contributed by atoms with Crippen molar-refractivity contribution in [1.82, 2.24) is 5.43 Å². The van der Waals surface area contributed by atoms with Crippen molar-refractivity contribution in [2.75, 3.05) is 7.11 Å². The van der Waals surface area contributed by atoms with Crippen LogP contribution in [0.3, 0.4) is 0 Å². The summed E-state index contributed by atoms with van der Waals surface area (Å²) in [6.07, 6.45) is 3.10. The molecule has 144 valence electrons. The second-order valence-electron chi connectivity index (χ2n) is 6.11. The Balaban J connectivity index is 1.62. The lowest BCUT2D eigenvalue weighted by Gasteiger charge is -2.09. The third-order valence-electron chi connectivity index (χ3n) is 4.03. The van der Waals surface area contributed by atoms with Gasteiger partial charge in [-0.1, -0.05) is 0 Å². The smallest absolute Gasteiger partial charge is 0.314 e. The predicted octanol–water partition coefficient (Wildman–Crippen LogP) is 2.68. The van der Waals surface area contributed by atoms with Crippen LogP contribution in [-0.4, -0.2) is 30.1 Å². The molecule has 3 rings (SSSR count). The molecule has 0 radical (unpaired) electrons. The van der Waals surface area contributed by atoms with Crippen LogP contribution in [0.2, 0.25) is 0 Å². The van der Waals surface area contributed by atoms with E-state index in [2.05, 4.69) is 10.5 Å². The van der Waals surface area contributed by atoms with E-state index in [1.54, 1.807) is 18.2 Å². The van der Waals surface area contributed by atoms with Crippen LogP contribution in [0.15, 0.2) is 47.6 Å². The van der Waals surface area contributed by atoms with Crippen LogP contribution in [0.4, 0.5) is 5.69 Å². The van der Waals surface area contributed by atoms with Gasteiger partial charge in [-0.25, -0.2) is 5.43 Å². The van der Waals surface area contributed by atoms with E-state index in [0.717, 1.165) is 12.8 Å². The fraction of sp³-hybridized carbons (Fsp3) is 0.211. The first kappa shape index (κ1) is 19.0. The average molecular weight is 383 g/mol. The quantitative estimate of drug-likeness (QED) is 0.258. The van der Waals surface area contributed by atoms with Crippen molar-refractivity contribution in [3.8, 4) is 11.5 Å². The van der Waals surface area contributed by atoms with Crippen LogP contribution < -0.4 is 14.9 Å². The molecule has 1 aliphatic rings. The summed E-state index contributed by atoms with van der Waals surface area (Å²) in [7, 11) is 1.46. The molecule has 0 aromatic heterocycles. The molecule has 9 nitrogen and oxygen atoms in total. The first-order valence-corrected chi connectivity index (χ1v) is 8.45. The third kappa shape index (κ3) is 4.70. The molecule has 9 heteroatoms. The number of ether oxygens (including phenoxy) is 2. The molecular weight excluding hydrogens is 366 g/mol. The number of carbonyl (C=O) groups is 2. The molecule has 1 N–H and O–H groups in total. The Morgan fingerprint density at radius 3 is 2.50 bits per heavy atom. The molecule has 2 aromatic rings. The summed E-state index contributed by atoms with van der Waals surface area (Å²) in [6.45, 7) is 0. The molecule has 0 spiro atoms. The molecule has 28 heavy (non-hydrogen) atoms. The van der Waals surface area contributed by atoms with Gasteiger partial charge in [0.2, 0.25) is 0 Å². The summed E-state index contributed by atoms with van der Waals surface area (Å²) >= 11 is 0. The standard InChI is InChI=1S/C19H17N3O6/c1-27-17-10-12(2-9-16(17)28-19(24)14-3-4-14)11-20-21-18(23)13-5-7-15(8-6-13)22(25)26/h2,5-11,14H,3-4H2,1H3,(H,21,23)/b20-11-. The van der Waals surface area contributed by atoms with Gasteiger partial charge in [0.15, 0.2) is 11.5 Å². The lowest BCUT2D eigenvalue weighted by atomic mass is 10.2. The largest absolute Gasteiger partial charge is 0.493 e. The summed E-state index contributed by atoms with van der Waals surface area (Å²) in [5.41, 5.74) is 3.09. The molecule has 0 heterocycles. The number of hydrogen-bond acceptors (Lipinski definition) is 7. The number of methoxy groups -OCH3 is 1. The predicted molar refractivity (Wildman–Crippen MR) is 99.5 cm³/mol. The summed E-state index contributed by atoms with van der Waals surface area (Å²) < 4.78 is 10.5. The Kier molecular flexibility index (Phi) is 5.64. The summed E-state index contributed by atoms with van der Waals surface area (Å²) in [5.74, 6) is -0.102. The normalized spacial score (nSPS) is 13.2. The number of rotatable bonds is 7. The lowest BCUT2D eigenvalue weighted by molar-refractivity contribution is -0.384. The summed E-state index contributed by atoms with van der Waals surface area (Å²) in [5, 5.41) is 14.5. The minimum atomic E-state index is -0.543. The van der Waals surface area contributed by atoms with E-state index in [9.17, 15) is 19.7 Å². The Morgan fingerprint density at radius 1 is 1.18 bits per heavy atom. The highest BCUT2D eigenvalue weighted by Gasteiger charge is 2.32. The number of nitro groups is 1. The minimum Gasteiger partial charge on any atom is -0.493 e. The molecule has 0 aliphatic heterocycles. The van der Waals surface area contributed by atoms with Crippen molar-refractivity contribution < 1.29 is 24.0 Å². The number of non-ortho nitro benzene ring substituents is 1. The van der Waals surface area contributed by atoms with Crippen LogP contribution in [0.1, 0.15) is 28.8 Å². The number of hydrogen-bond donors (Lipinski definition) is 1. The number of nitro benzene ring substituents is 1. The number of amides is 1. The van der Waals surface area contributed by atoms with Gasteiger partial charge in [0.1, 0.15) is 0 Å². The minimum absolute atomic E-state index is 0.0272. The Bertz CT molecular complexity index is 935. The van der Waals surface area contributed by atoms with E-state index >= 15 is 0 Å². The molecule has 1 aliphatic carbocycles. The van der Waals surface area contributed by atoms with Crippen LogP contribution in [0.25, 0.3) is 0 Å². The second kappa shape index (κ2) is 8.30. The van der Waals surface area contributed by atoms with Gasteiger partial charge in [0.25, 0.3) is 11.6 Å². The fourth-order valence-corrected chi connectivity index (χ4v) is 2.32. The average Bonchev–Trinajstić information content (AvgIpc) is 3.54. The van der Waals surface area contributed by atoms with Crippen molar-refractivity contribution in [2.45, 2.75) is 12.8 Å². The van der Waals surface area contributed by atoms with Gasteiger partial charge in [0, 0.05) is 17.7 Å². The second-order valence-corrected chi connectivity index (χ2v) is 6.11. The van der Waals surface area contributed by atoms with Gasteiger partial charge in [-0.15, -0.1) is 0 Å². The number of nitrogens with zero attached hydrogens (tertiary/aromatic N) is 2. The molecule has 1 saturated carbocycles. The van der Waals surface area contributed by atoms with Gasteiger partial charge < -0.3 is 9.47 Å². The lowest BCUT2D eigenvalue weighted by Crippen LogP contribution is -2.17. The van der Waals surface area contributed by atoms with E-state index in [-0.39, 0.29) is 23.1 Å². The fourth-order valence-electron chi connectivity index (χ4n) is 2.32. The van der Waals surface area contributed by atoms with E-state index < -0.39 is 10.8 Å². The molecular formula is C19H17N3O6. The first-order chi connectivity index (χ1) is 13.5. The molecule has 0 unspecified atom stereocenters. The first-order valence-electron chi connectivity index (χ1n) is 8.45. The number of esters is 1. The number of nitrogens with one attached hydrogen (secondary N) is 1. The van der Waals surface area contributed by atoms with Crippen molar-refractivity contribution in [2.24, 2.45) is 11.0 Å². The Hall–Kier alpha value is -3.75. The van der Waals surface area contributed by atoms with E-state index in [1.165, 1.54) is 37.6 Å². The van der Waals surface area contributed by atoms with Gasteiger partial charge >= 0.3 is 5.97 Å². The van der Waals surface area contributed by atoms with Crippen LogP contribution in [-0.2, 0) is 4.79 Å². The van der Waals surface area contributed by atoms with Crippen LogP contribution in [0, 0.1) is 16.0 Å². The molecule has 0 atom stereocenters. The third-order valence-corrected chi connectivity index (χ3v) is 4.03. The number of carbonyl (C=O) groups excluding carboxylic acids is 2. The maximum atomic E-state index is 12.0. The maximum Gasteiger partial charge on any atom is 0.314 e. The highest BCUT2D eigenvalue weighted by atomic mass is 16.6. The highest BCUT2D eigenvalue weighted by molar-refractivity contribution is 5.95. The van der Waals surface area contributed by atoms with Crippen LogP contribution in [0.5, 0.6) is 11.5 Å². The Morgan fingerprint density at radius 2 is 1.89 bits per heavy atom.